The van der Waals surface area contributed by atoms with Gasteiger partial charge in [0.05, 0.1) is 5.56 Å². The number of rotatable bonds is 4. The number of nitrogens with one attached hydrogen (secondary N) is 1. The third kappa shape index (κ3) is 3.84. The Morgan fingerprint density at radius 3 is 2.37 bits per heavy atom. The summed E-state index contributed by atoms with van der Waals surface area (Å²) >= 11 is 0. The van der Waals surface area contributed by atoms with E-state index in [2.05, 4.69) is 11.9 Å². The number of carbonyl (C=O) groups is 4. The van der Waals surface area contributed by atoms with E-state index in [0.717, 1.165) is 6.08 Å². The summed E-state index contributed by atoms with van der Waals surface area (Å²) in [5, 5.41) is 12.6. The standard InChI is InChI=1S/C19H21N3O5/c1-2-16(24)20-12-3-4-15(23)14(11-12)19(27)21-9-7-13(8-10-21)22-17(25)5-6-18(22)26/h2-4,11,13,23H,1,5-10H2,(H,20,24). The number of nitrogens with zero attached hydrogens (tertiary/aromatic N) is 2. The van der Waals surface area contributed by atoms with Gasteiger partial charge in [0.1, 0.15) is 5.75 Å². The fourth-order valence-electron chi connectivity index (χ4n) is 3.48. The van der Waals surface area contributed by atoms with Crippen molar-refractivity contribution >= 4 is 29.3 Å². The lowest BCUT2D eigenvalue weighted by Gasteiger charge is -2.35. The summed E-state index contributed by atoms with van der Waals surface area (Å²) in [4.78, 5) is 50.8. The predicted molar refractivity (Wildman–Crippen MR) is 96.9 cm³/mol. The highest BCUT2D eigenvalue weighted by molar-refractivity contribution is 6.03. The van der Waals surface area contributed by atoms with E-state index in [9.17, 15) is 24.3 Å². The molecule has 2 saturated heterocycles. The first-order valence-corrected chi connectivity index (χ1v) is 8.81. The minimum atomic E-state index is -0.417. The quantitative estimate of drug-likeness (QED) is 0.471. The summed E-state index contributed by atoms with van der Waals surface area (Å²) < 4.78 is 0. The summed E-state index contributed by atoms with van der Waals surface area (Å²) in [6.07, 6.45) is 2.65. The molecule has 27 heavy (non-hydrogen) atoms. The van der Waals surface area contributed by atoms with Gasteiger partial charge in [-0.1, -0.05) is 6.58 Å². The number of aromatic hydroxyl groups is 1. The van der Waals surface area contributed by atoms with Gasteiger partial charge in [-0.15, -0.1) is 0 Å². The largest absolute Gasteiger partial charge is 0.507 e. The second kappa shape index (κ2) is 7.61. The van der Waals surface area contributed by atoms with Gasteiger partial charge in [0, 0.05) is 37.7 Å². The second-order valence-corrected chi connectivity index (χ2v) is 6.61. The van der Waals surface area contributed by atoms with Crippen molar-refractivity contribution in [3.05, 3.63) is 36.4 Å². The molecule has 2 aliphatic rings. The van der Waals surface area contributed by atoms with Gasteiger partial charge in [-0.3, -0.25) is 24.1 Å². The molecule has 1 aromatic rings. The van der Waals surface area contributed by atoms with E-state index in [1.165, 1.54) is 23.1 Å². The average Bonchev–Trinajstić information content (AvgIpc) is 3.01. The van der Waals surface area contributed by atoms with E-state index < -0.39 is 5.91 Å². The zero-order valence-electron chi connectivity index (χ0n) is 14.8. The number of hydrogen-bond donors (Lipinski definition) is 2. The molecule has 4 amide bonds. The molecule has 1 aromatic carbocycles. The van der Waals surface area contributed by atoms with Gasteiger partial charge in [-0.2, -0.15) is 0 Å². The van der Waals surface area contributed by atoms with Crippen molar-refractivity contribution in [2.45, 2.75) is 31.7 Å². The maximum absolute atomic E-state index is 12.8. The van der Waals surface area contributed by atoms with Crippen molar-refractivity contribution < 1.29 is 24.3 Å². The molecule has 0 saturated carbocycles. The Balaban J connectivity index is 1.68. The number of likely N-dealkylation sites (tertiary alicyclic amines) is 2. The molecule has 2 heterocycles. The van der Waals surface area contributed by atoms with Crippen molar-refractivity contribution in [2.24, 2.45) is 0 Å². The summed E-state index contributed by atoms with van der Waals surface area (Å²) in [7, 11) is 0. The van der Waals surface area contributed by atoms with Crippen LogP contribution in [0.2, 0.25) is 0 Å². The molecule has 8 nitrogen and oxygen atoms in total. The number of amides is 4. The minimum absolute atomic E-state index is 0.0867. The fourth-order valence-corrected chi connectivity index (χ4v) is 3.48. The Bertz CT molecular complexity index is 796. The van der Waals surface area contributed by atoms with Gasteiger partial charge < -0.3 is 15.3 Å². The van der Waals surface area contributed by atoms with Crippen molar-refractivity contribution in [1.82, 2.24) is 9.80 Å². The topological polar surface area (TPSA) is 107 Å². The molecule has 2 aliphatic heterocycles. The Morgan fingerprint density at radius 1 is 1.15 bits per heavy atom. The Labute approximate surface area is 156 Å². The first-order valence-electron chi connectivity index (χ1n) is 8.81. The molecule has 0 aromatic heterocycles. The van der Waals surface area contributed by atoms with Gasteiger partial charge in [-0.25, -0.2) is 0 Å². The van der Waals surface area contributed by atoms with E-state index in [-0.39, 0.29) is 47.9 Å². The average molecular weight is 371 g/mol. The third-order valence-electron chi connectivity index (χ3n) is 4.89. The van der Waals surface area contributed by atoms with Crippen LogP contribution in [0, 0.1) is 0 Å². The monoisotopic (exact) mass is 371 g/mol. The molecule has 0 spiro atoms. The second-order valence-electron chi connectivity index (χ2n) is 6.61. The van der Waals surface area contributed by atoms with Crippen LogP contribution in [-0.2, 0) is 14.4 Å². The zero-order chi connectivity index (χ0) is 19.6. The molecular formula is C19H21N3O5. The Morgan fingerprint density at radius 2 is 1.78 bits per heavy atom. The highest BCUT2D eigenvalue weighted by Gasteiger charge is 2.37. The SMILES string of the molecule is C=CC(=O)Nc1ccc(O)c(C(=O)N2CCC(N3C(=O)CCC3=O)CC2)c1. The number of benzene rings is 1. The van der Waals surface area contributed by atoms with Gasteiger partial charge in [-0.05, 0) is 37.1 Å². The van der Waals surface area contributed by atoms with E-state index in [1.54, 1.807) is 4.90 Å². The van der Waals surface area contributed by atoms with Crippen molar-refractivity contribution in [3.8, 4) is 5.75 Å². The number of anilines is 1. The number of piperidine rings is 1. The van der Waals surface area contributed by atoms with Crippen LogP contribution in [0.15, 0.2) is 30.9 Å². The third-order valence-corrected chi connectivity index (χ3v) is 4.89. The summed E-state index contributed by atoms with van der Waals surface area (Å²) in [5.74, 6) is -1.25. The van der Waals surface area contributed by atoms with Gasteiger partial charge in [0.15, 0.2) is 0 Å². The molecule has 0 bridgehead atoms. The smallest absolute Gasteiger partial charge is 0.257 e. The zero-order valence-corrected chi connectivity index (χ0v) is 14.8. The number of imide groups is 1. The van der Waals surface area contributed by atoms with E-state index in [4.69, 9.17) is 0 Å². The molecular weight excluding hydrogens is 350 g/mol. The van der Waals surface area contributed by atoms with Gasteiger partial charge >= 0.3 is 0 Å². The Kier molecular flexibility index (Phi) is 5.25. The van der Waals surface area contributed by atoms with Crippen molar-refractivity contribution in [2.75, 3.05) is 18.4 Å². The summed E-state index contributed by atoms with van der Waals surface area (Å²) in [6, 6.07) is 4.08. The van der Waals surface area contributed by atoms with E-state index >= 15 is 0 Å². The molecule has 2 fully saturated rings. The van der Waals surface area contributed by atoms with Crippen molar-refractivity contribution in [1.29, 1.82) is 0 Å². The van der Waals surface area contributed by atoms with Crippen molar-refractivity contribution in [3.63, 3.8) is 0 Å². The number of phenolic OH excluding ortho intramolecular Hbond substituents is 1. The molecule has 2 N–H and O–H groups in total. The van der Waals surface area contributed by atoms with Crippen LogP contribution in [0.1, 0.15) is 36.0 Å². The first kappa shape index (κ1) is 18.6. The molecule has 8 heteroatoms. The summed E-state index contributed by atoms with van der Waals surface area (Å²) in [5.41, 5.74) is 0.466. The van der Waals surface area contributed by atoms with Crippen LogP contribution in [-0.4, -0.2) is 57.7 Å². The van der Waals surface area contributed by atoms with Gasteiger partial charge in [0.25, 0.3) is 5.91 Å². The molecule has 142 valence electrons. The van der Waals surface area contributed by atoms with E-state index in [1.807, 2.05) is 0 Å². The first-order chi connectivity index (χ1) is 12.9. The van der Waals surface area contributed by atoms with Crippen LogP contribution < -0.4 is 5.32 Å². The van der Waals surface area contributed by atoms with Crippen LogP contribution in [0.25, 0.3) is 0 Å². The predicted octanol–water partition coefficient (Wildman–Crippen LogP) is 1.27. The number of hydrogen-bond acceptors (Lipinski definition) is 5. The van der Waals surface area contributed by atoms with Crippen LogP contribution >= 0.6 is 0 Å². The fraction of sp³-hybridized carbons (Fsp3) is 0.368. The van der Waals surface area contributed by atoms with Gasteiger partial charge in [0.2, 0.25) is 17.7 Å². The molecule has 0 atom stereocenters. The van der Waals surface area contributed by atoms with Crippen LogP contribution in [0.5, 0.6) is 5.75 Å². The molecule has 0 unspecified atom stereocenters. The lowest BCUT2D eigenvalue weighted by atomic mass is 10.0. The molecule has 3 rings (SSSR count). The van der Waals surface area contributed by atoms with Crippen LogP contribution in [0.4, 0.5) is 5.69 Å². The Hall–Kier alpha value is -3.16. The van der Waals surface area contributed by atoms with E-state index in [0.29, 0.717) is 31.6 Å². The number of phenols is 1. The molecule has 0 radical (unpaired) electrons. The summed E-state index contributed by atoms with van der Waals surface area (Å²) in [6.45, 7) is 4.12. The lowest BCUT2D eigenvalue weighted by Crippen LogP contribution is -2.48. The maximum Gasteiger partial charge on any atom is 0.257 e. The highest BCUT2D eigenvalue weighted by Crippen LogP contribution is 2.27. The lowest BCUT2D eigenvalue weighted by molar-refractivity contribution is -0.142. The maximum atomic E-state index is 12.8. The minimum Gasteiger partial charge on any atom is -0.507 e. The number of carbonyl (C=O) groups excluding carboxylic acids is 4. The van der Waals surface area contributed by atoms with Crippen LogP contribution in [0.3, 0.4) is 0 Å². The highest BCUT2D eigenvalue weighted by atomic mass is 16.3. The molecule has 0 aliphatic carbocycles. The normalized spacial score (nSPS) is 17.9.